The number of rotatable bonds is 5. The van der Waals surface area contributed by atoms with Crippen molar-refractivity contribution in [3.05, 3.63) is 23.0 Å². The average Bonchev–Trinajstić information content (AvgIpc) is 3.35. The molecular formula is C21H31N3O3. The van der Waals surface area contributed by atoms with Crippen molar-refractivity contribution in [3.63, 3.8) is 0 Å². The van der Waals surface area contributed by atoms with E-state index in [9.17, 15) is 9.59 Å². The van der Waals surface area contributed by atoms with Gasteiger partial charge in [-0.3, -0.25) is 9.59 Å². The van der Waals surface area contributed by atoms with Gasteiger partial charge in [-0.15, -0.1) is 0 Å². The summed E-state index contributed by atoms with van der Waals surface area (Å²) < 4.78 is 7.81. The Hall–Kier alpha value is -1.82. The molecule has 1 saturated heterocycles. The van der Waals surface area contributed by atoms with Crippen LogP contribution in [-0.2, 0) is 16.6 Å². The van der Waals surface area contributed by atoms with Gasteiger partial charge >= 0.3 is 0 Å². The van der Waals surface area contributed by atoms with E-state index in [0.717, 1.165) is 23.7 Å². The lowest BCUT2D eigenvalue weighted by atomic mass is 9.81. The van der Waals surface area contributed by atoms with Gasteiger partial charge in [-0.1, -0.05) is 19.3 Å². The number of morpholine rings is 1. The molecule has 0 radical (unpaired) electrons. The lowest BCUT2D eigenvalue weighted by molar-refractivity contribution is -0.140. The number of amides is 2. The van der Waals surface area contributed by atoms with E-state index < -0.39 is 0 Å². The van der Waals surface area contributed by atoms with Crippen LogP contribution in [0.25, 0.3) is 0 Å². The van der Waals surface area contributed by atoms with Gasteiger partial charge in [0.2, 0.25) is 5.91 Å². The van der Waals surface area contributed by atoms with Crippen molar-refractivity contribution in [2.75, 3.05) is 26.2 Å². The Morgan fingerprint density at radius 3 is 2.70 bits per heavy atom. The minimum atomic E-state index is -0.127. The van der Waals surface area contributed by atoms with Crippen molar-refractivity contribution >= 4 is 11.8 Å². The highest BCUT2D eigenvalue weighted by Gasteiger charge is 2.50. The molecule has 2 saturated carbocycles. The lowest BCUT2D eigenvalue weighted by Gasteiger charge is -2.34. The summed E-state index contributed by atoms with van der Waals surface area (Å²) in [6.07, 6.45) is 4.91. The number of nitrogens with one attached hydrogen (secondary N) is 1. The first-order valence-electron chi connectivity index (χ1n) is 10.3. The molecule has 2 heterocycles. The van der Waals surface area contributed by atoms with Crippen LogP contribution in [-0.4, -0.2) is 53.6 Å². The number of hydrogen-bond donors (Lipinski definition) is 1. The average molecular weight is 373 g/mol. The first-order valence-corrected chi connectivity index (χ1v) is 10.3. The summed E-state index contributed by atoms with van der Waals surface area (Å²) in [6, 6.07) is 1.91. The van der Waals surface area contributed by atoms with Crippen LogP contribution in [0.5, 0.6) is 0 Å². The summed E-state index contributed by atoms with van der Waals surface area (Å²) in [5.41, 5.74) is 2.73. The van der Waals surface area contributed by atoms with Gasteiger partial charge < -0.3 is 19.5 Å². The second kappa shape index (κ2) is 7.30. The van der Waals surface area contributed by atoms with Gasteiger partial charge in [0.15, 0.2) is 0 Å². The first-order chi connectivity index (χ1) is 13.0. The van der Waals surface area contributed by atoms with Gasteiger partial charge in [0.05, 0.1) is 18.3 Å². The maximum absolute atomic E-state index is 12.8. The van der Waals surface area contributed by atoms with E-state index in [-0.39, 0.29) is 17.9 Å². The molecule has 6 nitrogen and oxygen atoms in total. The summed E-state index contributed by atoms with van der Waals surface area (Å²) in [5.74, 6) is 1.92. The number of nitrogens with zero attached hydrogens (tertiary/aromatic N) is 2. The highest BCUT2D eigenvalue weighted by molar-refractivity contribution is 5.95. The van der Waals surface area contributed by atoms with Crippen molar-refractivity contribution in [1.29, 1.82) is 0 Å². The van der Waals surface area contributed by atoms with Crippen LogP contribution in [0.4, 0.5) is 0 Å². The van der Waals surface area contributed by atoms with Gasteiger partial charge in [0.25, 0.3) is 5.91 Å². The maximum Gasteiger partial charge on any atom is 0.253 e. The molecule has 27 heavy (non-hydrogen) atoms. The van der Waals surface area contributed by atoms with E-state index in [2.05, 4.69) is 5.32 Å². The third kappa shape index (κ3) is 3.64. The minimum Gasteiger partial charge on any atom is -0.373 e. The molecule has 1 N–H and O–H groups in total. The molecule has 3 atom stereocenters. The molecule has 148 valence electrons. The zero-order chi connectivity index (χ0) is 19.1. The molecule has 1 aromatic rings. The maximum atomic E-state index is 12.8. The van der Waals surface area contributed by atoms with Crippen molar-refractivity contribution in [3.8, 4) is 0 Å². The molecule has 2 amide bonds. The largest absolute Gasteiger partial charge is 0.373 e. The summed E-state index contributed by atoms with van der Waals surface area (Å²) in [7, 11) is 1.96. The zero-order valence-electron chi connectivity index (χ0n) is 16.7. The van der Waals surface area contributed by atoms with Crippen LogP contribution < -0.4 is 5.32 Å². The molecule has 3 aliphatic rings. The molecule has 3 fully saturated rings. The molecule has 0 spiro atoms. The molecule has 4 rings (SSSR count). The van der Waals surface area contributed by atoms with Gasteiger partial charge in [0.1, 0.15) is 0 Å². The quantitative estimate of drug-likeness (QED) is 0.859. The highest BCUT2D eigenvalue weighted by Crippen LogP contribution is 2.52. The Morgan fingerprint density at radius 2 is 2.07 bits per heavy atom. The summed E-state index contributed by atoms with van der Waals surface area (Å²) >= 11 is 0. The molecule has 1 aliphatic heterocycles. The Kier molecular flexibility index (Phi) is 5.01. The van der Waals surface area contributed by atoms with Crippen LogP contribution in [0.15, 0.2) is 6.07 Å². The van der Waals surface area contributed by atoms with E-state index in [1.807, 2.05) is 36.4 Å². The summed E-state index contributed by atoms with van der Waals surface area (Å²) in [4.78, 5) is 27.2. The Labute approximate surface area is 161 Å². The molecule has 1 aromatic heterocycles. The highest BCUT2D eigenvalue weighted by atomic mass is 16.5. The van der Waals surface area contributed by atoms with Crippen LogP contribution in [0.2, 0.25) is 0 Å². The van der Waals surface area contributed by atoms with Gasteiger partial charge in [-0.05, 0) is 38.2 Å². The standard InChI is InChI=1S/C21H31N3O3/c1-13-9-17(14(2)23(13)3)20(25)22-11-16-12-24(7-8-27-16)21(26)19-10-18(19)15-5-4-6-15/h9,15-16,18-19H,4-8,10-12H2,1-3H3,(H,22,25)/t16?,18-,19+/m0/s1. The van der Waals surface area contributed by atoms with Gasteiger partial charge in [-0.2, -0.15) is 0 Å². The molecule has 6 heteroatoms. The third-order valence-corrected chi connectivity index (χ3v) is 6.87. The molecule has 1 unspecified atom stereocenters. The predicted molar refractivity (Wildman–Crippen MR) is 102 cm³/mol. The number of aryl methyl sites for hydroxylation is 1. The van der Waals surface area contributed by atoms with Crippen molar-refractivity contribution in [1.82, 2.24) is 14.8 Å². The number of carbonyl (C=O) groups excluding carboxylic acids is 2. The van der Waals surface area contributed by atoms with E-state index in [1.165, 1.54) is 19.3 Å². The van der Waals surface area contributed by atoms with Crippen LogP contribution in [0.3, 0.4) is 0 Å². The topological polar surface area (TPSA) is 63.6 Å². The van der Waals surface area contributed by atoms with Crippen LogP contribution >= 0.6 is 0 Å². The van der Waals surface area contributed by atoms with Crippen molar-refractivity contribution < 1.29 is 14.3 Å². The fraction of sp³-hybridized carbons (Fsp3) is 0.714. The van der Waals surface area contributed by atoms with Crippen molar-refractivity contribution in [2.24, 2.45) is 24.8 Å². The van der Waals surface area contributed by atoms with E-state index in [1.54, 1.807) is 0 Å². The Morgan fingerprint density at radius 1 is 1.30 bits per heavy atom. The van der Waals surface area contributed by atoms with E-state index in [0.29, 0.717) is 43.6 Å². The Balaban J connectivity index is 1.28. The molecule has 2 aliphatic carbocycles. The smallest absolute Gasteiger partial charge is 0.253 e. The number of aromatic nitrogens is 1. The fourth-order valence-corrected chi connectivity index (χ4v) is 4.55. The van der Waals surface area contributed by atoms with Crippen molar-refractivity contribution in [2.45, 2.75) is 45.6 Å². The van der Waals surface area contributed by atoms with Gasteiger partial charge in [-0.25, -0.2) is 0 Å². The molecular weight excluding hydrogens is 342 g/mol. The SMILES string of the molecule is Cc1cc(C(=O)NCC2CN(C(=O)[C@@H]3C[C@H]3C3CCC3)CCO2)c(C)n1C. The number of hydrogen-bond acceptors (Lipinski definition) is 3. The third-order valence-electron chi connectivity index (χ3n) is 6.87. The monoisotopic (exact) mass is 373 g/mol. The minimum absolute atomic E-state index is 0.0736. The van der Waals surface area contributed by atoms with E-state index in [4.69, 9.17) is 4.74 Å². The Bertz CT molecular complexity index is 737. The second-order valence-corrected chi connectivity index (χ2v) is 8.53. The fourth-order valence-electron chi connectivity index (χ4n) is 4.55. The second-order valence-electron chi connectivity index (χ2n) is 8.53. The molecule has 0 bridgehead atoms. The van der Waals surface area contributed by atoms with E-state index >= 15 is 0 Å². The summed E-state index contributed by atoms with van der Waals surface area (Å²) in [6.45, 7) is 6.19. The van der Waals surface area contributed by atoms with Crippen LogP contribution in [0, 0.1) is 31.6 Å². The van der Waals surface area contributed by atoms with Gasteiger partial charge in [0, 0.05) is 44.0 Å². The zero-order valence-corrected chi connectivity index (χ0v) is 16.7. The number of ether oxygens (including phenoxy) is 1. The normalized spacial score (nSPS) is 28.0. The van der Waals surface area contributed by atoms with Crippen LogP contribution in [0.1, 0.15) is 47.4 Å². The first kappa shape index (κ1) is 18.5. The number of carbonyl (C=O) groups is 2. The lowest BCUT2D eigenvalue weighted by Crippen LogP contribution is -2.50. The summed E-state index contributed by atoms with van der Waals surface area (Å²) in [5, 5.41) is 2.98. The molecule has 0 aromatic carbocycles. The predicted octanol–water partition coefficient (Wildman–Crippen LogP) is 2.04.